The Morgan fingerprint density at radius 2 is 1.76 bits per heavy atom. The second kappa shape index (κ2) is 9.78. The van der Waals surface area contributed by atoms with Crippen molar-refractivity contribution in [1.82, 2.24) is 0 Å². The zero-order valence-corrected chi connectivity index (χ0v) is 20.5. The van der Waals surface area contributed by atoms with Crippen molar-refractivity contribution in [3.05, 3.63) is 101 Å². The molecule has 1 unspecified atom stereocenters. The first-order valence-electron chi connectivity index (χ1n) is 11.8. The van der Waals surface area contributed by atoms with Crippen LogP contribution in [0, 0.1) is 0 Å². The van der Waals surface area contributed by atoms with Gasteiger partial charge in [-0.3, -0.25) is 14.5 Å². The Morgan fingerprint density at radius 1 is 1.00 bits per heavy atom. The number of carbonyl (C=O) groups excluding carboxylic acids is 3. The Labute approximate surface area is 217 Å². The van der Waals surface area contributed by atoms with E-state index in [9.17, 15) is 24.6 Å². The number of hydrogen-bond acceptors (Lipinski definition) is 8. The van der Waals surface area contributed by atoms with Crippen LogP contribution >= 0.6 is 0 Å². The maximum Gasteiger partial charge on any atom is 0.338 e. The van der Waals surface area contributed by atoms with Gasteiger partial charge in [-0.2, -0.15) is 0 Å². The first-order chi connectivity index (χ1) is 18.3. The molecule has 0 spiro atoms. The number of hydrogen-bond donors (Lipinski definition) is 2. The molecular formula is C29H23NO8. The highest BCUT2D eigenvalue weighted by atomic mass is 16.5. The molecule has 1 aliphatic heterocycles. The highest BCUT2D eigenvalue weighted by molar-refractivity contribution is 6.21. The van der Waals surface area contributed by atoms with Crippen molar-refractivity contribution in [2.24, 2.45) is 0 Å². The van der Waals surface area contributed by atoms with Crippen LogP contribution in [0.25, 0.3) is 11.0 Å². The molecule has 9 heteroatoms. The smallest absolute Gasteiger partial charge is 0.338 e. The molecule has 1 aromatic heterocycles. The maximum atomic E-state index is 13.8. The van der Waals surface area contributed by atoms with Crippen LogP contribution in [0.15, 0.2) is 88.5 Å². The lowest BCUT2D eigenvalue weighted by molar-refractivity contribution is -0.117. The number of ketones is 1. The molecule has 9 nitrogen and oxygen atoms in total. The average Bonchev–Trinajstić information content (AvgIpc) is 3.47. The summed E-state index contributed by atoms with van der Waals surface area (Å²) in [5.41, 5.74) is 0.904. The minimum Gasteiger partial charge on any atom is -0.508 e. The van der Waals surface area contributed by atoms with E-state index in [0.717, 1.165) is 0 Å². The van der Waals surface area contributed by atoms with Crippen LogP contribution in [0.4, 0.5) is 5.69 Å². The fourth-order valence-corrected chi connectivity index (χ4v) is 4.55. The minimum atomic E-state index is -1.13. The molecule has 1 amide bonds. The zero-order valence-electron chi connectivity index (χ0n) is 20.5. The van der Waals surface area contributed by atoms with Crippen LogP contribution in [0.5, 0.6) is 11.5 Å². The minimum absolute atomic E-state index is 0.0955. The van der Waals surface area contributed by atoms with Crippen molar-refractivity contribution in [1.29, 1.82) is 0 Å². The number of phenolic OH excluding ortho intramolecular Hbond substituents is 1. The highest BCUT2D eigenvalue weighted by Crippen LogP contribution is 2.43. The monoisotopic (exact) mass is 513 g/mol. The molecule has 192 valence electrons. The molecule has 3 aromatic carbocycles. The number of aliphatic hydroxyl groups excluding tert-OH is 1. The van der Waals surface area contributed by atoms with Crippen molar-refractivity contribution in [3.63, 3.8) is 0 Å². The Hall–Kier alpha value is -5.05. The number of methoxy groups -OCH3 is 1. The van der Waals surface area contributed by atoms with E-state index in [1.165, 1.54) is 42.3 Å². The molecule has 0 fully saturated rings. The Balaban J connectivity index is 1.65. The molecule has 5 rings (SSSR count). The van der Waals surface area contributed by atoms with Crippen molar-refractivity contribution in [2.75, 3.05) is 18.6 Å². The number of ether oxygens (including phenoxy) is 2. The number of fused-ring (bicyclic) bond motifs is 1. The summed E-state index contributed by atoms with van der Waals surface area (Å²) in [6.45, 7) is 1.85. The summed E-state index contributed by atoms with van der Waals surface area (Å²) in [6, 6.07) is 17.7. The van der Waals surface area contributed by atoms with Crippen molar-refractivity contribution in [2.45, 2.75) is 13.0 Å². The predicted molar refractivity (Wildman–Crippen MR) is 137 cm³/mol. The number of furan rings is 1. The SMILES string of the molecule is CCOC(=O)c1cccc(N2C(=O)C(O)=C(C(=O)c3cc4cccc(OC)c4o3)C2c2cccc(O)c2)c1. The van der Waals surface area contributed by atoms with E-state index in [0.29, 0.717) is 22.3 Å². The molecule has 0 radical (unpaired) electrons. The van der Waals surface area contributed by atoms with Crippen molar-refractivity contribution < 1.29 is 38.5 Å². The van der Waals surface area contributed by atoms with Gasteiger partial charge in [0.15, 0.2) is 22.9 Å². The number of benzene rings is 3. The molecule has 2 heterocycles. The van der Waals surface area contributed by atoms with Gasteiger partial charge in [0.05, 0.1) is 30.9 Å². The lowest BCUT2D eigenvalue weighted by Crippen LogP contribution is -2.31. The topological polar surface area (TPSA) is 127 Å². The van der Waals surface area contributed by atoms with Crippen LogP contribution in [-0.2, 0) is 9.53 Å². The maximum absolute atomic E-state index is 13.8. The Kier molecular flexibility index (Phi) is 6.34. The lowest BCUT2D eigenvalue weighted by atomic mass is 9.94. The lowest BCUT2D eigenvalue weighted by Gasteiger charge is -2.27. The Morgan fingerprint density at radius 3 is 2.50 bits per heavy atom. The number of para-hydroxylation sites is 1. The first kappa shape index (κ1) is 24.6. The number of carbonyl (C=O) groups is 3. The number of phenols is 1. The number of amides is 1. The van der Waals surface area contributed by atoms with E-state index < -0.39 is 29.5 Å². The summed E-state index contributed by atoms with van der Waals surface area (Å²) < 4.78 is 16.2. The molecule has 4 aromatic rings. The second-order valence-electron chi connectivity index (χ2n) is 8.52. The molecule has 38 heavy (non-hydrogen) atoms. The van der Waals surface area contributed by atoms with E-state index in [2.05, 4.69) is 0 Å². The van der Waals surface area contributed by atoms with Gasteiger partial charge in [-0.25, -0.2) is 4.79 Å². The van der Waals surface area contributed by atoms with Gasteiger partial charge in [-0.1, -0.05) is 30.3 Å². The highest BCUT2D eigenvalue weighted by Gasteiger charge is 2.45. The summed E-state index contributed by atoms with van der Waals surface area (Å²) in [5.74, 6) is -2.70. The van der Waals surface area contributed by atoms with Gasteiger partial charge in [0.25, 0.3) is 5.91 Å². The van der Waals surface area contributed by atoms with Gasteiger partial charge in [0.2, 0.25) is 5.78 Å². The zero-order chi connectivity index (χ0) is 27.0. The van der Waals surface area contributed by atoms with Gasteiger partial charge in [-0.05, 0) is 55.0 Å². The number of nitrogens with zero attached hydrogens (tertiary/aromatic N) is 1. The van der Waals surface area contributed by atoms with Gasteiger partial charge in [0, 0.05) is 11.1 Å². The third-order valence-corrected chi connectivity index (χ3v) is 6.23. The first-order valence-corrected chi connectivity index (χ1v) is 11.8. The number of Topliss-reactive ketones (excluding diaryl/α,β-unsaturated/α-hetero) is 1. The molecule has 0 saturated carbocycles. The third kappa shape index (κ3) is 4.13. The normalized spacial score (nSPS) is 15.3. The van der Waals surface area contributed by atoms with E-state index in [1.807, 2.05) is 0 Å². The predicted octanol–water partition coefficient (Wildman–Crippen LogP) is 5.11. The van der Waals surface area contributed by atoms with Crippen LogP contribution in [0.3, 0.4) is 0 Å². The molecular weight excluding hydrogens is 490 g/mol. The average molecular weight is 514 g/mol. The third-order valence-electron chi connectivity index (χ3n) is 6.23. The van der Waals surface area contributed by atoms with Crippen molar-refractivity contribution >= 4 is 34.3 Å². The van der Waals surface area contributed by atoms with E-state index >= 15 is 0 Å². The van der Waals surface area contributed by atoms with E-state index in [-0.39, 0.29) is 34.9 Å². The van der Waals surface area contributed by atoms with Crippen LogP contribution in [0.1, 0.15) is 39.4 Å². The summed E-state index contributed by atoms with van der Waals surface area (Å²) in [7, 11) is 1.48. The van der Waals surface area contributed by atoms with Gasteiger partial charge in [-0.15, -0.1) is 0 Å². The second-order valence-corrected chi connectivity index (χ2v) is 8.52. The molecule has 0 bridgehead atoms. The quantitative estimate of drug-likeness (QED) is 0.258. The summed E-state index contributed by atoms with van der Waals surface area (Å²) >= 11 is 0. The van der Waals surface area contributed by atoms with E-state index in [4.69, 9.17) is 13.9 Å². The van der Waals surface area contributed by atoms with Crippen LogP contribution < -0.4 is 9.64 Å². The Bertz CT molecular complexity index is 1620. The number of esters is 1. The van der Waals surface area contributed by atoms with E-state index in [1.54, 1.807) is 49.4 Å². The molecule has 1 atom stereocenters. The number of aliphatic hydroxyl groups is 1. The van der Waals surface area contributed by atoms with Crippen LogP contribution in [0.2, 0.25) is 0 Å². The number of aromatic hydroxyl groups is 1. The number of rotatable bonds is 7. The van der Waals surface area contributed by atoms with Crippen LogP contribution in [-0.4, -0.2) is 41.6 Å². The standard InChI is InChI=1S/C29H23NO8/c1-3-37-29(35)18-9-4-10-19(13-18)30-24(16-7-5-11-20(31)14-16)23(26(33)28(30)34)25(32)22-15-17-8-6-12-21(36-2)27(17)38-22/h4-15,24,31,33H,3H2,1-2H3. The molecule has 1 aliphatic rings. The molecule has 0 saturated heterocycles. The molecule has 2 N–H and O–H groups in total. The van der Waals surface area contributed by atoms with Crippen molar-refractivity contribution in [3.8, 4) is 11.5 Å². The summed E-state index contributed by atoms with van der Waals surface area (Å²) in [4.78, 5) is 40.8. The summed E-state index contributed by atoms with van der Waals surface area (Å²) in [6.07, 6.45) is 0. The summed E-state index contributed by atoms with van der Waals surface area (Å²) in [5, 5.41) is 21.8. The van der Waals surface area contributed by atoms with Gasteiger partial charge >= 0.3 is 5.97 Å². The van der Waals surface area contributed by atoms with Gasteiger partial charge in [0.1, 0.15) is 5.75 Å². The van der Waals surface area contributed by atoms with Gasteiger partial charge < -0.3 is 24.1 Å². The largest absolute Gasteiger partial charge is 0.508 e. The fourth-order valence-electron chi connectivity index (χ4n) is 4.55. The fraction of sp³-hybridized carbons (Fsp3) is 0.138. The number of anilines is 1. The molecule has 0 aliphatic carbocycles.